The molecular formula is C23H30N4O4. The van der Waals surface area contributed by atoms with Gasteiger partial charge in [0.1, 0.15) is 0 Å². The maximum absolute atomic E-state index is 12.2. The number of aryl methyl sites for hydroxylation is 1. The smallest absolute Gasteiger partial charge is 0.310 e. The molecule has 8 heteroatoms. The number of amides is 1. The molecule has 1 aliphatic rings. The van der Waals surface area contributed by atoms with Gasteiger partial charge in [-0.05, 0) is 44.0 Å². The molecule has 3 rings (SSSR count). The summed E-state index contributed by atoms with van der Waals surface area (Å²) in [5.74, 6) is -0.184. The molecule has 0 bridgehead atoms. The lowest BCUT2D eigenvalue weighted by Crippen LogP contribution is -2.47. The summed E-state index contributed by atoms with van der Waals surface area (Å²) in [4.78, 5) is 27.5. The Morgan fingerprint density at radius 2 is 1.90 bits per heavy atom. The molecule has 166 valence electrons. The van der Waals surface area contributed by atoms with Gasteiger partial charge in [0.2, 0.25) is 0 Å². The normalized spacial score (nSPS) is 15.4. The first-order chi connectivity index (χ1) is 14.9. The zero-order valence-electron chi connectivity index (χ0n) is 18.1. The van der Waals surface area contributed by atoms with Gasteiger partial charge < -0.3 is 15.0 Å². The third-order valence-corrected chi connectivity index (χ3v) is 5.45. The number of hydrogen-bond donors (Lipinski definition) is 1. The summed E-state index contributed by atoms with van der Waals surface area (Å²) in [7, 11) is 0. The number of benzene rings is 2. The average Bonchev–Trinajstić information content (AvgIpc) is 2.77. The van der Waals surface area contributed by atoms with Crippen LogP contribution in [0.4, 0.5) is 11.4 Å². The van der Waals surface area contributed by atoms with Crippen LogP contribution in [0.25, 0.3) is 0 Å². The lowest BCUT2D eigenvalue weighted by molar-refractivity contribution is -0.385. The van der Waals surface area contributed by atoms with Gasteiger partial charge in [-0.25, -0.2) is 0 Å². The van der Waals surface area contributed by atoms with Crippen molar-refractivity contribution in [1.29, 1.82) is 0 Å². The van der Waals surface area contributed by atoms with Crippen molar-refractivity contribution in [2.45, 2.75) is 26.3 Å². The lowest BCUT2D eigenvalue weighted by atomic mass is 10.1. The molecule has 0 radical (unpaired) electrons. The SMILES string of the molecule is Cc1cccc(N2CCN(CCC(C)NC(=O)COc3ccccc3[N+](=O)[O-])CC2)c1. The first-order valence-corrected chi connectivity index (χ1v) is 10.6. The topological polar surface area (TPSA) is 88.0 Å². The number of carbonyl (C=O) groups excluding carboxylic acids is 1. The molecule has 8 nitrogen and oxygen atoms in total. The Labute approximate surface area is 182 Å². The van der Waals surface area contributed by atoms with Crippen LogP contribution in [0.15, 0.2) is 48.5 Å². The number of piperazine rings is 1. The van der Waals surface area contributed by atoms with Crippen molar-refractivity contribution < 1.29 is 14.5 Å². The minimum atomic E-state index is -0.519. The molecule has 1 unspecified atom stereocenters. The fourth-order valence-electron chi connectivity index (χ4n) is 3.69. The van der Waals surface area contributed by atoms with Crippen molar-refractivity contribution in [3.05, 3.63) is 64.2 Å². The van der Waals surface area contributed by atoms with Gasteiger partial charge in [0, 0.05) is 50.5 Å². The van der Waals surface area contributed by atoms with E-state index in [9.17, 15) is 14.9 Å². The molecule has 1 atom stereocenters. The average molecular weight is 427 g/mol. The van der Waals surface area contributed by atoms with Gasteiger partial charge in [-0.2, -0.15) is 0 Å². The summed E-state index contributed by atoms with van der Waals surface area (Å²) >= 11 is 0. The zero-order valence-corrected chi connectivity index (χ0v) is 18.1. The van der Waals surface area contributed by atoms with Gasteiger partial charge in [0.05, 0.1) is 4.92 Å². The Hall–Kier alpha value is -3.13. The summed E-state index contributed by atoms with van der Waals surface area (Å²) in [5, 5.41) is 13.9. The van der Waals surface area contributed by atoms with Gasteiger partial charge >= 0.3 is 5.69 Å². The maximum Gasteiger partial charge on any atom is 0.310 e. The monoisotopic (exact) mass is 426 g/mol. The number of nitrogens with one attached hydrogen (secondary N) is 1. The number of ether oxygens (including phenoxy) is 1. The van der Waals surface area contributed by atoms with E-state index in [1.54, 1.807) is 12.1 Å². The van der Waals surface area contributed by atoms with Crippen LogP contribution < -0.4 is 15.0 Å². The van der Waals surface area contributed by atoms with Gasteiger partial charge in [0.25, 0.3) is 5.91 Å². The summed E-state index contributed by atoms with van der Waals surface area (Å²) < 4.78 is 5.35. The molecule has 2 aromatic rings. The van der Waals surface area contributed by atoms with E-state index < -0.39 is 4.92 Å². The molecule has 1 N–H and O–H groups in total. The van der Waals surface area contributed by atoms with Crippen molar-refractivity contribution in [3.8, 4) is 5.75 Å². The van der Waals surface area contributed by atoms with Crippen molar-refractivity contribution in [3.63, 3.8) is 0 Å². The fraction of sp³-hybridized carbons (Fsp3) is 0.435. The molecule has 0 aromatic heterocycles. The molecule has 1 amide bonds. The number of anilines is 1. The number of para-hydroxylation sites is 2. The van der Waals surface area contributed by atoms with Crippen LogP contribution in [0.1, 0.15) is 18.9 Å². The third-order valence-electron chi connectivity index (χ3n) is 5.45. The molecule has 1 heterocycles. The van der Waals surface area contributed by atoms with E-state index in [2.05, 4.69) is 46.3 Å². The highest BCUT2D eigenvalue weighted by Gasteiger charge is 2.19. The van der Waals surface area contributed by atoms with Crippen LogP contribution in [0, 0.1) is 17.0 Å². The van der Waals surface area contributed by atoms with Gasteiger partial charge in [-0.1, -0.05) is 24.3 Å². The van der Waals surface area contributed by atoms with Crippen LogP contribution >= 0.6 is 0 Å². The van der Waals surface area contributed by atoms with Crippen molar-refractivity contribution >= 4 is 17.3 Å². The zero-order chi connectivity index (χ0) is 22.2. The Bertz CT molecular complexity index is 897. The highest BCUT2D eigenvalue weighted by atomic mass is 16.6. The fourth-order valence-corrected chi connectivity index (χ4v) is 3.69. The van der Waals surface area contributed by atoms with Gasteiger partial charge in [0.15, 0.2) is 12.4 Å². The van der Waals surface area contributed by atoms with Crippen LogP contribution in [0.2, 0.25) is 0 Å². The van der Waals surface area contributed by atoms with Crippen LogP contribution in [-0.2, 0) is 4.79 Å². The second-order valence-electron chi connectivity index (χ2n) is 7.94. The van der Waals surface area contributed by atoms with Crippen LogP contribution in [0.3, 0.4) is 0 Å². The number of hydrogen-bond acceptors (Lipinski definition) is 6. The van der Waals surface area contributed by atoms with Crippen molar-refractivity contribution in [2.75, 3.05) is 44.2 Å². The number of rotatable bonds is 9. The second-order valence-corrected chi connectivity index (χ2v) is 7.94. The number of nitro groups is 1. The predicted molar refractivity (Wildman–Crippen MR) is 121 cm³/mol. The summed E-state index contributed by atoms with van der Waals surface area (Å²) in [6.45, 7) is 8.72. The van der Waals surface area contributed by atoms with Gasteiger partial charge in [-0.15, -0.1) is 0 Å². The summed E-state index contributed by atoms with van der Waals surface area (Å²) in [5.41, 5.74) is 2.41. The summed E-state index contributed by atoms with van der Waals surface area (Å²) in [6, 6.07) is 14.6. The highest BCUT2D eigenvalue weighted by Crippen LogP contribution is 2.25. The molecular weight excluding hydrogens is 396 g/mol. The molecule has 1 saturated heterocycles. The van der Waals surface area contributed by atoms with Crippen molar-refractivity contribution in [2.24, 2.45) is 0 Å². The van der Waals surface area contributed by atoms with E-state index in [1.165, 1.54) is 23.4 Å². The third kappa shape index (κ3) is 6.68. The molecule has 31 heavy (non-hydrogen) atoms. The Kier molecular flexibility index (Phi) is 7.83. The van der Waals surface area contributed by atoms with E-state index in [0.717, 1.165) is 39.1 Å². The van der Waals surface area contributed by atoms with E-state index in [-0.39, 0.29) is 30.0 Å². The van der Waals surface area contributed by atoms with E-state index >= 15 is 0 Å². The molecule has 2 aromatic carbocycles. The lowest BCUT2D eigenvalue weighted by Gasteiger charge is -2.36. The van der Waals surface area contributed by atoms with Crippen LogP contribution in [-0.4, -0.2) is 61.1 Å². The molecule has 0 saturated carbocycles. The standard InChI is InChI=1S/C23H30N4O4/c1-18-6-5-7-20(16-18)26-14-12-25(13-15-26)11-10-19(2)24-23(28)17-31-22-9-4-3-8-21(22)27(29)30/h3-9,16,19H,10-15,17H2,1-2H3,(H,24,28). The van der Waals surface area contributed by atoms with Crippen molar-refractivity contribution in [1.82, 2.24) is 10.2 Å². The first-order valence-electron chi connectivity index (χ1n) is 10.6. The Morgan fingerprint density at radius 1 is 1.16 bits per heavy atom. The largest absolute Gasteiger partial charge is 0.477 e. The molecule has 1 aliphatic heterocycles. The van der Waals surface area contributed by atoms with E-state index in [1.807, 2.05) is 6.92 Å². The van der Waals surface area contributed by atoms with E-state index in [4.69, 9.17) is 4.74 Å². The van der Waals surface area contributed by atoms with Crippen LogP contribution in [0.5, 0.6) is 5.75 Å². The second kappa shape index (κ2) is 10.8. The quantitative estimate of drug-likeness (QED) is 0.490. The molecule has 0 spiro atoms. The predicted octanol–water partition coefficient (Wildman–Crippen LogP) is 3.00. The molecule has 1 fully saturated rings. The first kappa shape index (κ1) is 22.6. The Morgan fingerprint density at radius 3 is 2.61 bits per heavy atom. The Balaban J connectivity index is 1.36. The maximum atomic E-state index is 12.2. The number of nitrogens with zero attached hydrogens (tertiary/aromatic N) is 3. The summed E-state index contributed by atoms with van der Waals surface area (Å²) in [6.07, 6.45) is 0.835. The highest BCUT2D eigenvalue weighted by molar-refractivity contribution is 5.78. The number of carbonyl (C=O) groups is 1. The van der Waals surface area contributed by atoms with Gasteiger partial charge in [-0.3, -0.25) is 19.8 Å². The minimum absolute atomic E-state index is 0.00309. The minimum Gasteiger partial charge on any atom is -0.477 e. The van der Waals surface area contributed by atoms with E-state index in [0.29, 0.717) is 0 Å². The molecule has 0 aliphatic carbocycles. The number of nitro benzene ring substituents is 1.